The van der Waals surface area contributed by atoms with Gasteiger partial charge in [-0.05, 0) is 49.2 Å². The van der Waals surface area contributed by atoms with E-state index >= 15 is 0 Å². The summed E-state index contributed by atoms with van der Waals surface area (Å²) < 4.78 is 133. The third-order valence-corrected chi connectivity index (χ3v) is 14.2. The van der Waals surface area contributed by atoms with Crippen LogP contribution in [0.1, 0.15) is 26.7 Å². The van der Waals surface area contributed by atoms with E-state index in [2.05, 4.69) is 5.09 Å². The number of halogens is 6. The highest BCUT2D eigenvalue weighted by Crippen LogP contribution is 2.55. The van der Waals surface area contributed by atoms with Crippen molar-refractivity contribution in [3.05, 3.63) is 91.0 Å². The molecule has 15 heteroatoms. The molecule has 0 radical (unpaired) electrons. The van der Waals surface area contributed by atoms with Gasteiger partial charge in [0, 0.05) is 0 Å². The second-order valence-electron chi connectivity index (χ2n) is 8.63. The first-order chi connectivity index (χ1) is 18.5. The Bertz CT molecular complexity index is 1360. The minimum atomic E-state index is -7.10. The van der Waals surface area contributed by atoms with Crippen LogP contribution in [0.5, 0.6) is 0 Å². The first kappa shape index (κ1) is 32.0. The number of benzene rings is 3. The van der Waals surface area contributed by atoms with Crippen molar-refractivity contribution in [1.82, 2.24) is 8.80 Å². The molecule has 0 amide bonds. The normalized spacial score (nSPS) is 13.9. The fourth-order valence-corrected chi connectivity index (χ4v) is 12.2. The molecule has 3 aromatic carbocycles. The van der Waals surface area contributed by atoms with Gasteiger partial charge in [0.05, 0.1) is 0 Å². The van der Waals surface area contributed by atoms with Crippen molar-refractivity contribution >= 4 is 43.4 Å². The van der Waals surface area contributed by atoms with Gasteiger partial charge in [0.2, 0.25) is 0 Å². The molecule has 0 unspecified atom stereocenters. The minimum absolute atomic E-state index is 0.410. The fourth-order valence-electron chi connectivity index (χ4n) is 4.39. The lowest BCUT2D eigenvalue weighted by Gasteiger charge is -2.44. The number of hydrogen-bond donors (Lipinski definition) is 1. The zero-order valence-corrected chi connectivity index (χ0v) is 23.7. The molecule has 0 atom stereocenters. The van der Waals surface area contributed by atoms with Gasteiger partial charge in [-0.1, -0.05) is 72.2 Å². The molecule has 0 saturated carbocycles. The zero-order chi connectivity index (χ0) is 30.0. The second kappa shape index (κ2) is 11.4. The molecule has 0 aliphatic rings. The van der Waals surface area contributed by atoms with Crippen molar-refractivity contribution in [2.45, 2.75) is 43.4 Å². The monoisotopic (exact) mass is 627 g/mol. The van der Waals surface area contributed by atoms with Crippen LogP contribution in [0, 0.1) is 0 Å². The Hall–Kier alpha value is -2.51. The highest BCUT2D eigenvalue weighted by atomic mass is 32.3. The van der Waals surface area contributed by atoms with Gasteiger partial charge in [-0.15, -0.1) is 0 Å². The van der Waals surface area contributed by atoms with Gasteiger partial charge in [-0.2, -0.15) is 31.4 Å². The first-order valence-corrected chi connectivity index (χ1v) is 16.5. The topological polar surface area (TPSA) is 83.6 Å². The minimum Gasteiger partial charge on any atom is -0.202 e. The van der Waals surface area contributed by atoms with Crippen molar-refractivity contribution in [2.24, 2.45) is 0 Å². The molecule has 0 aliphatic carbocycles. The second-order valence-corrected chi connectivity index (χ2v) is 15.5. The molecule has 0 aromatic heterocycles. The van der Waals surface area contributed by atoms with Crippen molar-refractivity contribution in [3.63, 3.8) is 0 Å². The van der Waals surface area contributed by atoms with E-state index in [1.165, 1.54) is 0 Å². The van der Waals surface area contributed by atoms with Gasteiger partial charge in [0.25, 0.3) is 0 Å². The summed E-state index contributed by atoms with van der Waals surface area (Å²) >= 11 is 0. The number of alkyl halides is 6. The Morgan fingerprint density at radius 1 is 0.600 bits per heavy atom. The van der Waals surface area contributed by atoms with Crippen LogP contribution in [-0.4, -0.2) is 37.2 Å². The summed E-state index contributed by atoms with van der Waals surface area (Å²) in [6, 6.07) is 24.1. The summed E-state index contributed by atoms with van der Waals surface area (Å²) in [5, 5.41) is 4.09. The molecule has 0 saturated heterocycles. The maximum Gasteiger partial charge on any atom is 0.512 e. The average Bonchev–Trinajstić information content (AvgIpc) is 2.91. The molecule has 40 heavy (non-hydrogen) atoms. The Kier molecular flexibility index (Phi) is 9.12. The van der Waals surface area contributed by atoms with Crippen LogP contribution in [0.25, 0.3) is 0 Å². The number of sulfonamides is 2. The van der Waals surface area contributed by atoms with Crippen LogP contribution < -0.4 is 21.0 Å². The zero-order valence-electron chi connectivity index (χ0n) is 21.2. The number of hydrogen-bond acceptors (Lipinski definition) is 5. The van der Waals surface area contributed by atoms with Gasteiger partial charge in [-0.3, -0.25) is 0 Å². The van der Waals surface area contributed by atoms with E-state index in [-0.39, 0.29) is 0 Å². The Morgan fingerprint density at radius 2 is 0.875 bits per heavy atom. The number of nitrogens with one attached hydrogen (secondary N) is 1. The Balaban J connectivity index is 2.54. The first-order valence-electron chi connectivity index (χ1n) is 11.8. The highest BCUT2D eigenvalue weighted by molar-refractivity contribution is 8.05. The standard InChI is InChI=1S/C25H26F6N2O4PS2/c1-3-23(4-2,33(39(34,35)24(26,27)28)40(36,37)25(29,30)31)32-38(20-14-8-5-9-15-20,21-16-10-6-11-17-21)22-18-12-7-13-19-22/h5-19,32H,3-4H2,1-2H3/q+1. The lowest BCUT2D eigenvalue weighted by molar-refractivity contribution is -0.0578. The summed E-state index contributed by atoms with van der Waals surface area (Å²) in [6.07, 6.45) is -1.55. The van der Waals surface area contributed by atoms with Crippen LogP contribution in [0.2, 0.25) is 0 Å². The number of rotatable bonds is 10. The summed E-state index contributed by atoms with van der Waals surface area (Å²) in [7, 11) is -17.8. The highest BCUT2D eigenvalue weighted by Gasteiger charge is 2.69. The van der Waals surface area contributed by atoms with E-state index in [4.69, 9.17) is 0 Å². The van der Waals surface area contributed by atoms with Crippen LogP contribution in [0.15, 0.2) is 91.0 Å². The average molecular weight is 628 g/mol. The van der Waals surface area contributed by atoms with E-state index in [0.717, 1.165) is 13.8 Å². The lowest BCUT2D eigenvalue weighted by atomic mass is 10.1. The van der Waals surface area contributed by atoms with Crippen LogP contribution in [-0.2, 0) is 20.0 Å². The molecule has 3 aromatic rings. The van der Waals surface area contributed by atoms with Gasteiger partial charge in [-0.25, -0.2) is 16.8 Å². The van der Waals surface area contributed by atoms with Crippen molar-refractivity contribution in [2.75, 3.05) is 0 Å². The largest absolute Gasteiger partial charge is 0.512 e. The Labute approximate surface area is 229 Å². The van der Waals surface area contributed by atoms with Gasteiger partial charge >= 0.3 is 31.1 Å². The van der Waals surface area contributed by atoms with Crippen LogP contribution >= 0.6 is 7.41 Å². The van der Waals surface area contributed by atoms with E-state index in [0.29, 0.717) is 15.9 Å². The van der Waals surface area contributed by atoms with Crippen LogP contribution in [0.3, 0.4) is 0 Å². The molecular weight excluding hydrogens is 601 g/mol. The quantitative estimate of drug-likeness (QED) is 0.194. The third kappa shape index (κ3) is 5.52. The molecule has 0 spiro atoms. The smallest absolute Gasteiger partial charge is 0.202 e. The summed E-state index contributed by atoms with van der Waals surface area (Å²) in [6.45, 7) is 2.24. The summed E-state index contributed by atoms with van der Waals surface area (Å²) in [4.78, 5) is 0. The van der Waals surface area contributed by atoms with E-state index in [1.54, 1.807) is 91.0 Å². The third-order valence-electron chi connectivity index (χ3n) is 6.35. The molecule has 1 N–H and O–H groups in total. The van der Waals surface area contributed by atoms with E-state index in [9.17, 15) is 43.2 Å². The predicted molar refractivity (Wildman–Crippen MR) is 143 cm³/mol. The van der Waals surface area contributed by atoms with E-state index < -0.39 is 60.7 Å². The maximum absolute atomic E-state index is 13.9. The number of nitrogens with zero attached hydrogens (tertiary/aromatic N) is 1. The molecular formula is C25H26F6N2O4PS2+. The SMILES string of the molecule is CCC(CC)(N[P+](c1ccccc1)(c1ccccc1)c1ccccc1)N(S(=O)(=O)C(F)(F)F)S(=O)(=O)C(F)(F)F. The summed E-state index contributed by atoms with van der Waals surface area (Å²) in [5.41, 5.74) is -15.6. The van der Waals surface area contributed by atoms with Gasteiger partial charge in [0.15, 0.2) is 7.41 Å². The molecule has 0 bridgehead atoms. The lowest BCUT2D eigenvalue weighted by Crippen LogP contribution is -2.67. The van der Waals surface area contributed by atoms with Crippen molar-refractivity contribution in [3.8, 4) is 0 Å². The fraction of sp³-hybridized carbons (Fsp3) is 0.280. The summed E-state index contributed by atoms with van der Waals surface area (Å²) in [5.74, 6) is 0. The van der Waals surface area contributed by atoms with Gasteiger partial charge in [0.1, 0.15) is 21.6 Å². The Morgan fingerprint density at radius 3 is 1.10 bits per heavy atom. The molecule has 0 aliphatic heterocycles. The molecule has 0 fully saturated rings. The molecule has 6 nitrogen and oxygen atoms in total. The van der Waals surface area contributed by atoms with Crippen molar-refractivity contribution < 1.29 is 43.2 Å². The predicted octanol–water partition coefficient (Wildman–Crippen LogP) is 5.00. The van der Waals surface area contributed by atoms with Gasteiger partial charge < -0.3 is 0 Å². The molecule has 3 rings (SSSR count). The molecule has 0 heterocycles. The van der Waals surface area contributed by atoms with E-state index in [1.807, 2.05) is 0 Å². The van der Waals surface area contributed by atoms with Crippen molar-refractivity contribution in [1.29, 1.82) is 0 Å². The molecule has 218 valence electrons. The maximum atomic E-state index is 13.9. The van der Waals surface area contributed by atoms with Crippen LogP contribution in [0.4, 0.5) is 26.3 Å².